The van der Waals surface area contributed by atoms with E-state index in [4.69, 9.17) is 9.47 Å². The molecule has 4 rings (SSSR count). The van der Waals surface area contributed by atoms with Gasteiger partial charge in [-0.3, -0.25) is 20.1 Å². The van der Waals surface area contributed by atoms with Crippen molar-refractivity contribution in [2.45, 2.75) is 6.54 Å². The Morgan fingerprint density at radius 2 is 2.00 bits per heavy atom. The summed E-state index contributed by atoms with van der Waals surface area (Å²) in [6.45, 7) is 5.36. The Morgan fingerprint density at radius 1 is 1.14 bits per heavy atom. The summed E-state index contributed by atoms with van der Waals surface area (Å²) >= 11 is 1.44. The number of imide groups is 1. The van der Waals surface area contributed by atoms with Gasteiger partial charge in [0.05, 0.1) is 27.4 Å². The van der Waals surface area contributed by atoms with Gasteiger partial charge >= 0.3 is 6.03 Å². The number of pyridine rings is 2. The zero-order chi connectivity index (χ0) is 26.2. The fraction of sp³-hybridized carbons (Fsp3) is 0.154. The first kappa shape index (κ1) is 25.9. The third-order valence-corrected chi connectivity index (χ3v) is 6.26. The van der Waals surface area contributed by atoms with Gasteiger partial charge in [-0.15, -0.1) is 11.3 Å². The molecule has 0 aliphatic carbocycles. The molecule has 3 heterocycles. The van der Waals surface area contributed by atoms with Gasteiger partial charge in [-0.25, -0.2) is 9.18 Å². The van der Waals surface area contributed by atoms with Crippen LogP contribution in [0.2, 0.25) is 0 Å². The molecule has 190 valence electrons. The Labute approximate surface area is 216 Å². The van der Waals surface area contributed by atoms with Crippen molar-refractivity contribution < 1.29 is 23.5 Å². The summed E-state index contributed by atoms with van der Waals surface area (Å²) in [4.78, 5) is 32.8. The smallest absolute Gasteiger partial charge is 0.326 e. The van der Waals surface area contributed by atoms with Gasteiger partial charge in [-0.1, -0.05) is 12.6 Å². The van der Waals surface area contributed by atoms with Crippen molar-refractivity contribution in [1.29, 1.82) is 0 Å². The molecule has 0 aliphatic heterocycles. The summed E-state index contributed by atoms with van der Waals surface area (Å²) < 4.78 is 26.4. The maximum absolute atomic E-state index is 14.7. The number of aromatic nitrogens is 2. The molecule has 0 aliphatic rings. The number of fused-ring (bicyclic) bond motifs is 1. The Kier molecular flexibility index (Phi) is 8.52. The number of nitrogens with one attached hydrogen (secondary N) is 3. The van der Waals surface area contributed by atoms with E-state index in [1.54, 1.807) is 19.4 Å². The molecule has 4 aromatic rings. The number of hydrogen-bond donors (Lipinski definition) is 3. The number of carbonyl (C=O) groups excluding carboxylic acids is 2. The largest absolute Gasteiger partial charge is 0.453 e. The topological polar surface area (TPSA) is 114 Å². The number of methoxy groups -OCH3 is 1. The highest BCUT2D eigenvalue weighted by Crippen LogP contribution is 2.39. The van der Waals surface area contributed by atoms with Gasteiger partial charge in [0.1, 0.15) is 5.75 Å². The van der Waals surface area contributed by atoms with Crippen molar-refractivity contribution in [3.8, 4) is 22.1 Å². The second-order valence-corrected chi connectivity index (χ2v) is 8.80. The van der Waals surface area contributed by atoms with Crippen molar-refractivity contribution >= 4 is 39.2 Å². The molecular weight excluding hydrogens is 497 g/mol. The van der Waals surface area contributed by atoms with Crippen LogP contribution in [0.3, 0.4) is 0 Å². The molecule has 3 aromatic heterocycles. The molecule has 0 saturated heterocycles. The average Bonchev–Trinajstić information content (AvgIpc) is 3.34. The first-order valence-electron chi connectivity index (χ1n) is 11.2. The molecule has 0 bridgehead atoms. The zero-order valence-electron chi connectivity index (χ0n) is 19.9. The van der Waals surface area contributed by atoms with Crippen molar-refractivity contribution in [2.75, 3.05) is 25.6 Å². The highest BCUT2D eigenvalue weighted by atomic mass is 32.1. The second-order valence-electron chi connectivity index (χ2n) is 7.75. The van der Waals surface area contributed by atoms with Gasteiger partial charge in [0, 0.05) is 50.4 Å². The Bertz CT molecular complexity index is 1420. The molecule has 1 aromatic carbocycles. The van der Waals surface area contributed by atoms with Gasteiger partial charge in [0.2, 0.25) is 0 Å². The summed E-state index contributed by atoms with van der Waals surface area (Å²) in [5.41, 5.74) is 2.71. The van der Waals surface area contributed by atoms with Crippen LogP contribution < -0.4 is 20.7 Å². The molecule has 3 N–H and O–H groups in total. The molecule has 0 fully saturated rings. The molecule has 0 unspecified atom stereocenters. The lowest BCUT2D eigenvalue weighted by Crippen LogP contribution is -2.32. The number of ether oxygens (including phenoxy) is 2. The summed E-state index contributed by atoms with van der Waals surface area (Å²) in [6.07, 6.45) is 4.37. The Hall–Kier alpha value is -4.19. The van der Waals surface area contributed by atoms with E-state index in [1.807, 2.05) is 29.7 Å². The van der Waals surface area contributed by atoms with Crippen molar-refractivity contribution in [3.63, 3.8) is 0 Å². The number of anilines is 1. The molecule has 9 nitrogen and oxygen atoms in total. The standard InChI is InChI=1S/C26H24FN5O4S/c1-3-24(33)32-26(34)31-17-5-7-21(18(27)12-17)36-22-8-9-29-20-13-23(37-25(20)22)19-6-4-16(15-30-19)14-28-10-11-35-2/h3-9,12-13,15,28H,1,10-11,14H2,2H3,(H2,31,32,33,34). The first-order chi connectivity index (χ1) is 18.0. The number of amides is 3. The van der Waals surface area contributed by atoms with Gasteiger partial charge in [0.25, 0.3) is 5.91 Å². The molecule has 37 heavy (non-hydrogen) atoms. The number of thiophene rings is 1. The first-order valence-corrected chi connectivity index (χ1v) is 12.0. The van der Waals surface area contributed by atoms with E-state index in [0.717, 1.165) is 39.5 Å². The van der Waals surface area contributed by atoms with Gasteiger partial charge in [-0.2, -0.15) is 0 Å². The maximum atomic E-state index is 14.7. The highest BCUT2D eigenvalue weighted by Gasteiger charge is 2.14. The molecule has 3 amide bonds. The minimum Gasteiger partial charge on any atom is -0.453 e. The van der Waals surface area contributed by atoms with Crippen LogP contribution in [0.1, 0.15) is 5.56 Å². The highest BCUT2D eigenvalue weighted by molar-refractivity contribution is 7.22. The lowest BCUT2D eigenvalue weighted by molar-refractivity contribution is -0.115. The molecule has 0 spiro atoms. The molecule has 0 saturated carbocycles. The fourth-order valence-electron chi connectivity index (χ4n) is 3.31. The monoisotopic (exact) mass is 521 g/mol. The predicted molar refractivity (Wildman–Crippen MR) is 140 cm³/mol. The lowest BCUT2D eigenvalue weighted by atomic mass is 10.2. The van der Waals surface area contributed by atoms with E-state index in [0.29, 0.717) is 24.4 Å². The van der Waals surface area contributed by atoms with Crippen LogP contribution in [0.5, 0.6) is 11.5 Å². The molecular formula is C26H24FN5O4S. The zero-order valence-corrected chi connectivity index (χ0v) is 20.7. The lowest BCUT2D eigenvalue weighted by Gasteiger charge is -2.10. The number of hydrogen-bond acceptors (Lipinski definition) is 8. The van der Waals surface area contributed by atoms with Crippen LogP contribution in [-0.4, -0.2) is 42.2 Å². The Balaban J connectivity index is 1.48. The van der Waals surface area contributed by atoms with Crippen molar-refractivity contribution in [1.82, 2.24) is 20.6 Å². The van der Waals surface area contributed by atoms with E-state index in [2.05, 4.69) is 27.2 Å². The van der Waals surface area contributed by atoms with Crippen molar-refractivity contribution in [3.05, 3.63) is 78.9 Å². The van der Waals surface area contributed by atoms with Crippen LogP contribution in [0.25, 0.3) is 20.8 Å². The fourth-order valence-corrected chi connectivity index (χ4v) is 4.35. The van der Waals surface area contributed by atoms with Crippen LogP contribution in [0, 0.1) is 5.82 Å². The second kappa shape index (κ2) is 12.2. The number of benzene rings is 1. The van der Waals surface area contributed by atoms with Crippen molar-refractivity contribution in [2.24, 2.45) is 0 Å². The third-order valence-electron chi connectivity index (χ3n) is 5.10. The van der Waals surface area contributed by atoms with Gasteiger partial charge in [0.15, 0.2) is 11.6 Å². The van der Waals surface area contributed by atoms with Crippen LogP contribution in [-0.2, 0) is 16.1 Å². The minimum absolute atomic E-state index is 0.0287. The van der Waals surface area contributed by atoms with Crippen LogP contribution in [0.15, 0.2) is 67.5 Å². The van der Waals surface area contributed by atoms with E-state index in [9.17, 15) is 14.0 Å². The summed E-state index contributed by atoms with van der Waals surface area (Å²) in [5, 5.41) is 7.68. The van der Waals surface area contributed by atoms with Gasteiger partial charge in [-0.05, 0) is 35.9 Å². The third kappa shape index (κ3) is 6.73. The van der Waals surface area contributed by atoms with Gasteiger partial charge < -0.3 is 20.1 Å². The number of urea groups is 1. The number of rotatable bonds is 10. The molecule has 0 radical (unpaired) electrons. The number of halogens is 1. The summed E-state index contributed by atoms with van der Waals surface area (Å²) in [6, 6.07) is 10.7. The minimum atomic E-state index is -0.802. The van der Waals surface area contributed by atoms with Crippen LogP contribution >= 0.6 is 11.3 Å². The quantitative estimate of drug-likeness (QED) is 0.202. The predicted octanol–water partition coefficient (Wildman–Crippen LogP) is 4.86. The van der Waals surface area contributed by atoms with E-state index in [1.165, 1.54) is 23.5 Å². The normalized spacial score (nSPS) is 10.8. The maximum Gasteiger partial charge on any atom is 0.326 e. The number of carbonyl (C=O) groups is 2. The SMILES string of the molecule is C=CC(=O)NC(=O)Nc1ccc(Oc2ccnc3cc(-c4ccc(CNCCOC)cn4)sc23)c(F)c1. The number of nitrogens with zero attached hydrogens (tertiary/aromatic N) is 2. The average molecular weight is 522 g/mol. The molecule has 0 atom stereocenters. The van der Waals surface area contributed by atoms with E-state index >= 15 is 0 Å². The summed E-state index contributed by atoms with van der Waals surface area (Å²) in [5.74, 6) is -0.949. The van der Waals surface area contributed by atoms with Crippen LogP contribution in [0.4, 0.5) is 14.9 Å². The molecule has 11 heteroatoms. The Morgan fingerprint density at radius 3 is 2.73 bits per heavy atom. The van der Waals surface area contributed by atoms with E-state index in [-0.39, 0.29) is 11.4 Å². The van der Waals surface area contributed by atoms with E-state index < -0.39 is 17.8 Å². The summed E-state index contributed by atoms with van der Waals surface area (Å²) in [7, 11) is 1.66.